The molecule has 0 spiro atoms. The molecule has 0 saturated carbocycles. The van der Waals surface area contributed by atoms with Crippen molar-refractivity contribution in [3.63, 3.8) is 0 Å². The van der Waals surface area contributed by atoms with Crippen molar-refractivity contribution in [3.05, 3.63) is 23.9 Å². The van der Waals surface area contributed by atoms with Crippen LogP contribution in [0.2, 0.25) is 0 Å². The van der Waals surface area contributed by atoms with Crippen molar-refractivity contribution in [2.45, 2.75) is 25.5 Å². The topological polar surface area (TPSA) is 122 Å². The number of hydrogen-bond donors (Lipinski definition) is 2. The summed E-state index contributed by atoms with van der Waals surface area (Å²) in [5.41, 5.74) is 1.10. The number of rotatable bonds is 14. The Kier molecular flexibility index (Phi) is 9.79. The maximum Gasteiger partial charge on any atom is 0.251 e. The number of benzene rings is 1. The number of nitrogens with zero attached hydrogens (tertiary/aromatic N) is 4. The number of nitrogens with one attached hydrogen (secondary N) is 2. The minimum absolute atomic E-state index is 0.268. The molecule has 0 fully saturated rings. The summed E-state index contributed by atoms with van der Waals surface area (Å²) in [6.45, 7) is 6.67. The summed E-state index contributed by atoms with van der Waals surface area (Å²) in [5.74, 6) is 2.56. The summed E-state index contributed by atoms with van der Waals surface area (Å²) in [7, 11) is 4.53. The maximum absolute atomic E-state index is 12.8. The highest BCUT2D eigenvalue weighted by Gasteiger charge is 2.17. The summed E-state index contributed by atoms with van der Waals surface area (Å²) in [6.07, 6.45) is 1.74. The van der Waals surface area contributed by atoms with E-state index < -0.39 is 0 Å². The molecule has 190 valence electrons. The molecule has 1 amide bonds. The monoisotopic (exact) mass is 504 g/mol. The zero-order valence-corrected chi connectivity index (χ0v) is 21.5. The number of carbonyl (C=O) groups excluding carboxylic acids is 1. The first-order valence-electron chi connectivity index (χ1n) is 11.3. The minimum atomic E-state index is -0.268. The molecule has 3 rings (SSSR count). The molecule has 0 aliphatic heterocycles. The summed E-state index contributed by atoms with van der Waals surface area (Å²) in [4.78, 5) is 22.1. The van der Waals surface area contributed by atoms with Gasteiger partial charge in [0.05, 0.1) is 46.1 Å². The first kappa shape index (κ1) is 26.4. The SMILES string of the molecule is CCOCCNc1nc(SCC)nc2c1cnn2CCNC(=O)c1cc(OC)c(OC)c(OC)c1. The predicted molar refractivity (Wildman–Crippen MR) is 135 cm³/mol. The molecule has 11 nitrogen and oxygen atoms in total. The van der Waals surface area contributed by atoms with Crippen molar-refractivity contribution in [2.75, 3.05) is 58.7 Å². The molecular formula is C23H32N6O5S. The Morgan fingerprint density at radius 3 is 2.43 bits per heavy atom. The quantitative estimate of drug-likeness (QED) is 0.192. The number of thioether (sulfide) groups is 1. The van der Waals surface area contributed by atoms with E-state index >= 15 is 0 Å². The highest BCUT2D eigenvalue weighted by molar-refractivity contribution is 7.99. The van der Waals surface area contributed by atoms with E-state index in [0.29, 0.717) is 66.5 Å². The number of carbonyl (C=O) groups is 1. The number of fused-ring (bicyclic) bond motifs is 1. The highest BCUT2D eigenvalue weighted by Crippen LogP contribution is 2.38. The van der Waals surface area contributed by atoms with Gasteiger partial charge in [-0.1, -0.05) is 18.7 Å². The van der Waals surface area contributed by atoms with Gasteiger partial charge in [-0.05, 0) is 24.8 Å². The number of aromatic nitrogens is 4. The van der Waals surface area contributed by atoms with Crippen LogP contribution in [0.3, 0.4) is 0 Å². The van der Waals surface area contributed by atoms with Crippen LogP contribution in [0.15, 0.2) is 23.5 Å². The highest BCUT2D eigenvalue weighted by atomic mass is 32.2. The van der Waals surface area contributed by atoms with Gasteiger partial charge in [0.25, 0.3) is 5.91 Å². The third-order valence-corrected chi connectivity index (χ3v) is 5.76. The fraction of sp³-hybridized carbons (Fsp3) is 0.478. The standard InChI is InChI=1S/C23H32N6O5S/c1-6-34-11-9-24-20-16-14-26-29(21(16)28-23(27-20)35-7-2)10-8-25-22(30)15-12-17(31-3)19(33-5)18(13-15)32-4/h12-14H,6-11H2,1-5H3,(H,25,30)(H,24,27,28). The van der Waals surface area contributed by atoms with Crippen molar-refractivity contribution in [3.8, 4) is 17.2 Å². The average molecular weight is 505 g/mol. The van der Waals surface area contributed by atoms with Crippen molar-refractivity contribution in [1.82, 2.24) is 25.1 Å². The van der Waals surface area contributed by atoms with Gasteiger partial charge in [-0.3, -0.25) is 4.79 Å². The lowest BCUT2D eigenvalue weighted by atomic mass is 10.1. The van der Waals surface area contributed by atoms with Crippen LogP contribution in [-0.2, 0) is 11.3 Å². The Hall–Kier alpha value is -3.25. The molecule has 1 aromatic carbocycles. The van der Waals surface area contributed by atoms with Gasteiger partial charge in [-0.15, -0.1) is 0 Å². The number of hydrogen-bond acceptors (Lipinski definition) is 10. The number of anilines is 1. The third-order valence-electron chi connectivity index (χ3n) is 5.03. The van der Waals surface area contributed by atoms with Gasteiger partial charge >= 0.3 is 0 Å². The van der Waals surface area contributed by atoms with Crippen LogP contribution in [0, 0.1) is 0 Å². The molecule has 3 aromatic rings. The lowest BCUT2D eigenvalue weighted by Gasteiger charge is -2.14. The van der Waals surface area contributed by atoms with Crippen molar-refractivity contribution in [2.24, 2.45) is 0 Å². The van der Waals surface area contributed by atoms with Crippen molar-refractivity contribution >= 4 is 34.5 Å². The summed E-state index contributed by atoms with van der Waals surface area (Å²) >= 11 is 1.56. The van der Waals surface area contributed by atoms with Gasteiger partial charge in [0, 0.05) is 25.3 Å². The second kappa shape index (κ2) is 13.0. The normalized spacial score (nSPS) is 10.9. The molecule has 0 aliphatic rings. The molecule has 0 unspecified atom stereocenters. The fourth-order valence-corrected chi connectivity index (χ4v) is 3.97. The molecule has 0 radical (unpaired) electrons. The Morgan fingerprint density at radius 1 is 1.06 bits per heavy atom. The van der Waals surface area contributed by atoms with Crippen LogP contribution in [0.4, 0.5) is 5.82 Å². The van der Waals surface area contributed by atoms with Crippen LogP contribution < -0.4 is 24.8 Å². The lowest BCUT2D eigenvalue weighted by molar-refractivity contribution is 0.0951. The molecule has 35 heavy (non-hydrogen) atoms. The van der Waals surface area contributed by atoms with E-state index in [1.807, 2.05) is 6.92 Å². The average Bonchev–Trinajstić information content (AvgIpc) is 3.28. The van der Waals surface area contributed by atoms with Gasteiger partial charge in [0.1, 0.15) is 5.82 Å². The smallest absolute Gasteiger partial charge is 0.251 e. The van der Waals surface area contributed by atoms with Crippen molar-refractivity contribution in [1.29, 1.82) is 0 Å². The lowest BCUT2D eigenvalue weighted by Crippen LogP contribution is -2.27. The minimum Gasteiger partial charge on any atom is -0.493 e. The van der Waals surface area contributed by atoms with E-state index in [-0.39, 0.29) is 5.91 Å². The maximum atomic E-state index is 12.8. The zero-order valence-electron chi connectivity index (χ0n) is 20.7. The predicted octanol–water partition coefficient (Wildman–Crippen LogP) is 2.84. The van der Waals surface area contributed by atoms with Crippen LogP contribution >= 0.6 is 11.8 Å². The second-order valence-corrected chi connectivity index (χ2v) is 8.42. The Morgan fingerprint density at radius 2 is 1.80 bits per heavy atom. The van der Waals surface area contributed by atoms with Crippen LogP contribution in [0.5, 0.6) is 17.2 Å². The van der Waals surface area contributed by atoms with E-state index in [1.165, 1.54) is 21.3 Å². The molecule has 0 saturated heterocycles. The van der Waals surface area contributed by atoms with E-state index in [1.54, 1.807) is 34.8 Å². The van der Waals surface area contributed by atoms with Crippen molar-refractivity contribution < 1.29 is 23.7 Å². The van der Waals surface area contributed by atoms with E-state index in [2.05, 4.69) is 32.6 Å². The van der Waals surface area contributed by atoms with Crippen LogP contribution in [-0.4, -0.2) is 79.0 Å². The molecule has 2 heterocycles. The summed E-state index contributed by atoms with van der Waals surface area (Å²) in [6, 6.07) is 3.23. The van der Waals surface area contributed by atoms with Gasteiger partial charge in [0.2, 0.25) is 5.75 Å². The Labute approximate surface area is 208 Å². The van der Waals surface area contributed by atoms with Crippen LogP contribution in [0.25, 0.3) is 11.0 Å². The number of ether oxygens (including phenoxy) is 4. The largest absolute Gasteiger partial charge is 0.493 e. The molecular weight excluding hydrogens is 472 g/mol. The molecule has 0 aliphatic carbocycles. The fourth-order valence-electron chi connectivity index (χ4n) is 3.40. The first-order chi connectivity index (χ1) is 17.1. The first-order valence-corrected chi connectivity index (χ1v) is 12.3. The van der Waals surface area contributed by atoms with E-state index in [9.17, 15) is 4.79 Å². The van der Waals surface area contributed by atoms with E-state index in [4.69, 9.17) is 18.9 Å². The molecule has 2 N–H and O–H groups in total. The molecule has 0 bridgehead atoms. The zero-order chi connectivity index (χ0) is 25.2. The number of methoxy groups -OCH3 is 3. The second-order valence-electron chi connectivity index (χ2n) is 7.19. The van der Waals surface area contributed by atoms with Gasteiger partial charge in [-0.2, -0.15) is 5.10 Å². The Balaban J connectivity index is 1.73. The Bertz CT molecular complexity index is 1110. The molecule has 12 heteroatoms. The number of amides is 1. The van der Waals surface area contributed by atoms with Gasteiger partial charge < -0.3 is 29.6 Å². The summed E-state index contributed by atoms with van der Waals surface area (Å²) < 4.78 is 23.2. The van der Waals surface area contributed by atoms with E-state index in [0.717, 1.165) is 17.0 Å². The van der Waals surface area contributed by atoms with Gasteiger partial charge in [-0.25, -0.2) is 14.6 Å². The molecule has 2 aromatic heterocycles. The van der Waals surface area contributed by atoms with Crippen LogP contribution in [0.1, 0.15) is 24.2 Å². The molecule has 0 atom stereocenters. The summed E-state index contributed by atoms with van der Waals surface area (Å²) in [5, 5.41) is 12.2. The third kappa shape index (κ3) is 6.45. The van der Waals surface area contributed by atoms with Gasteiger partial charge in [0.15, 0.2) is 22.3 Å².